The van der Waals surface area contributed by atoms with Gasteiger partial charge in [-0.05, 0) is 72.4 Å². The highest BCUT2D eigenvalue weighted by atomic mass is 16.3. The zero-order chi connectivity index (χ0) is 21.4. The van der Waals surface area contributed by atoms with Crippen LogP contribution in [-0.2, 0) is 0 Å². The number of benzene rings is 2. The van der Waals surface area contributed by atoms with Crippen molar-refractivity contribution in [1.82, 2.24) is 20.5 Å². The minimum absolute atomic E-state index is 0.179. The SMILES string of the molecule is Nc1nccc2ccc(-c3ccc4[nH]nc(C(=O)NCC5CCC(O)CC5)c4c3)cc12. The van der Waals surface area contributed by atoms with E-state index in [1.54, 1.807) is 6.20 Å². The van der Waals surface area contributed by atoms with Crippen molar-refractivity contribution in [1.29, 1.82) is 0 Å². The van der Waals surface area contributed by atoms with Gasteiger partial charge < -0.3 is 16.2 Å². The van der Waals surface area contributed by atoms with Crippen LogP contribution >= 0.6 is 0 Å². The summed E-state index contributed by atoms with van der Waals surface area (Å²) in [5, 5.41) is 22.6. The van der Waals surface area contributed by atoms with Gasteiger partial charge in [-0.1, -0.05) is 18.2 Å². The van der Waals surface area contributed by atoms with Gasteiger partial charge in [0.1, 0.15) is 5.82 Å². The van der Waals surface area contributed by atoms with Crippen molar-refractivity contribution in [2.24, 2.45) is 5.92 Å². The third-order valence-corrected chi connectivity index (χ3v) is 6.28. The standard InChI is InChI=1S/C24H25N5O2/c25-23-19-11-16(4-3-15(19)9-10-26-23)17-5-8-21-20(12-17)22(29-28-21)24(31)27-13-14-1-6-18(30)7-2-14/h3-5,8-12,14,18,30H,1-2,6-7,13H2,(H2,25,26)(H,27,31)(H,28,29). The number of fused-ring (bicyclic) bond motifs is 2. The number of carbonyl (C=O) groups excluding carboxylic acids is 1. The molecule has 0 radical (unpaired) electrons. The van der Waals surface area contributed by atoms with E-state index >= 15 is 0 Å². The molecule has 7 heteroatoms. The lowest BCUT2D eigenvalue weighted by Crippen LogP contribution is -2.32. The van der Waals surface area contributed by atoms with Crippen molar-refractivity contribution in [2.75, 3.05) is 12.3 Å². The van der Waals surface area contributed by atoms with Crippen molar-refractivity contribution in [3.05, 3.63) is 54.4 Å². The molecule has 7 nitrogen and oxygen atoms in total. The molecular weight excluding hydrogens is 390 g/mol. The van der Waals surface area contributed by atoms with Crippen LogP contribution < -0.4 is 11.1 Å². The average molecular weight is 415 g/mol. The van der Waals surface area contributed by atoms with Crippen molar-refractivity contribution in [3.63, 3.8) is 0 Å². The molecule has 1 saturated carbocycles. The van der Waals surface area contributed by atoms with E-state index in [9.17, 15) is 9.90 Å². The van der Waals surface area contributed by atoms with Gasteiger partial charge in [-0.25, -0.2) is 4.98 Å². The van der Waals surface area contributed by atoms with Gasteiger partial charge in [0.05, 0.1) is 11.6 Å². The van der Waals surface area contributed by atoms with Crippen molar-refractivity contribution < 1.29 is 9.90 Å². The number of carbonyl (C=O) groups is 1. The van der Waals surface area contributed by atoms with Crippen LogP contribution in [0.2, 0.25) is 0 Å². The fraction of sp³-hybridized carbons (Fsp3) is 0.292. The summed E-state index contributed by atoms with van der Waals surface area (Å²) >= 11 is 0. The lowest BCUT2D eigenvalue weighted by Gasteiger charge is -2.25. The number of aliphatic hydroxyl groups excluding tert-OH is 1. The Morgan fingerprint density at radius 1 is 1.06 bits per heavy atom. The van der Waals surface area contributed by atoms with Crippen molar-refractivity contribution in [2.45, 2.75) is 31.8 Å². The van der Waals surface area contributed by atoms with Crippen LogP contribution in [0.4, 0.5) is 5.82 Å². The molecule has 0 aliphatic heterocycles. The summed E-state index contributed by atoms with van der Waals surface area (Å²) in [6.07, 6.45) is 5.00. The highest BCUT2D eigenvalue weighted by Gasteiger charge is 2.21. The van der Waals surface area contributed by atoms with Crippen LogP contribution in [0.15, 0.2) is 48.7 Å². The Bertz CT molecular complexity index is 1260. The lowest BCUT2D eigenvalue weighted by molar-refractivity contribution is 0.0907. The first-order chi connectivity index (χ1) is 15.1. The number of anilines is 1. The lowest BCUT2D eigenvalue weighted by atomic mass is 9.87. The maximum absolute atomic E-state index is 12.8. The van der Waals surface area contributed by atoms with Crippen LogP contribution in [0.3, 0.4) is 0 Å². The summed E-state index contributed by atoms with van der Waals surface area (Å²) in [5.74, 6) is 0.727. The van der Waals surface area contributed by atoms with Crippen molar-refractivity contribution in [3.8, 4) is 11.1 Å². The molecule has 31 heavy (non-hydrogen) atoms. The van der Waals surface area contributed by atoms with Gasteiger partial charge >= 0.3 is 0 Å². The fourth-order valence-corrected chi connectivity index (χ4v) is 4.41. The maximum Gasteiger partial charge on any atom is 0.272 e. The number of amides is 1. The summed E-state index contributed by atoms with van der Waals surface area (Å²) in [5.41, 5.74) is 9.25. The van der Waals surface area contributed by atoms with Gasteiger partial charge in [0.2, 0.25) is 0 Å². The number of rotatable bonds is 4. The van der Waals surface area contributed by atoms with E-state index in [1.165, 1.54) is 0 Å². The molecule has 5 rings (SSSR count). The third kappa shape index (κ3) is 3.84. The molecule has 1 amide bonds. The van der Waals surface area contributed by atoms with Crippen molar-refractivity contribution >= 4 is 33.4 Å². The summed E-state index contributed by atoms with van der Waals surface area (Å²) in [7, 11) is 0. The number of H-pyrrole nitrogens is 1. The number of aromatic nitrogens is 3. The van der Waals surface area contributed by atoms with Gasteiger partial charge in [0.15, 0.2) is 5.69 Å². The Hall–Kier alpha value is -3.45. The molecule has 0 spiro atoms. The molecule has 2 heterocycles. The number of nitrogens with zero attached hydrogens (tertiary/aromatic N) is 2. The minimum Gasteiger partial charge on any atom is -0.393 e. The molecule has 1 aliphatic carbocycles. The molecule has 5 N–H and O–H groups in total. The van der Waals surface area contributed by atoms with E-state index in [-0.39, 0.29) is 12.0 Å². The number of pyridine rings is 1. The van der Waals surface area contributed by atoms with Crippen LogP contribution in [0.5, 0.6) is 0 Å². The van der Waals surface area contributed by atoms with Crippen LogP contribution in [0.1, 0.15) is 36.2 Å². The van der Waals surface area contributed by atoms with Gasteiger partial charge in [-0.15, -0.1) is 0 Å². The van der Waals surface area contributed by atoms with Crippen LogP contribution in [-0.4, -0.2) is 38.8 Å². The van der Waals surface area contributed by atoms with E-state index < -0.39 is 0 Å². The number of hydrogen-bond donors (Lipinski definition) is 4. The number of nitrogens with one attached hydrogen (secondary N) is 2. The molecule has 4 aromatic rings. The molecule has 158 valence electrons. The Morgan fingerprint density at radius 2 is 1.81 bits per heavy atom. The Balaban J connectivity index is 1.41. The van der Waals surface area contributed by atoms with E-state index in [0.29, 0.717) is 24.0 Å². The molecule has 0 atom stereocenters. The zero-order valence-electron chi connectivity index (χ0n) is 17.1. The largest absolute Gasteiger partial charge is 0.393 e. The third-order valence-electron chi connectivity index (χ3n) is 6.28. The zero-order valence-corrected chi connectivity index (χ0v) is 17.1. The molecular formula is C24H25N5O2. The first-order valence-electron chi connectivity index (χ1n) is 10.7. The first-order valence-corrected chi connectivity index (χ1v) is 10.7. The number of nitrogen functional groups attached to an aromatic ring is 1. The first kappa shape index (κ1) is 19.5. The molecule has 0 saturated heterocycles. The number of aromatic amines is 1. The molecule has 1 fully saturated rings. The molecule has 0 bridgehead atoms. The summed E-state index contributed by atoms with van der Waals surface area (Å²) in [4.78, 5) is 17.0. The van der Waals surface area contributed by atoms with Gasteiger partial charge in [0.25, 0.3) is 5.91 Å². The highest BCUT2D eigenvalue weighted by molar-refractivity contribution is 6.06. The smallest absolute Gasteiger partial charge is 0.272 e. The molecule has 2 aromatic carbocycles. The average Bonchev–Trinajstić information content (AvgIpc) is 3.22. The number of aliphatic hydroxyl groups is 1. The molecule has 0 unspecified atom stereocenters. The van der Waals surface area contributed by atoms with E-state index in [4.69, 9.17) is 5.73 Å². The van der Waals surface area contributed by atoms with Gasteiger partial charge in [-0.2, -0.15) is 5.10 Å². The minimum atomic E-state index is -0.193. The predicted molar refractivity (Wildman–Crippen MR) is 122 cm³/mol. The summed E-state index contributed by atoms with van der Waals surface area (Å²) in [6.45, 7) is 0.608. The topological polar surface area (TPSA) is 117 Å². The number of nitrogens with two attached hydrogens (primary N) is 1. The maximum atomic E-state index is 12.8. The van der Waals surface area contributed by atoms with Crippen LogP contribution in [0, 0.1) is 5.92 Å². The van der Waals surface area contributed by atoms with E-state index in [2.05, 4.69) is 20.5 Å². The van der Waals surface area contributed by atoms with Gasteiger partial charge in [-0.3, -0.25) is 9.89 Å². The monoisotopic (exact) mass is 415 g/mol. The normalized spacial score (nSPS) is 19.0. The van der Waals surface area contributed by atoms with E-state index in [0.717, 1.165) is 58.5 Å². The summed E-state index contributed by atoms with van der Waals surface area (Å²) < 4.78 is 0. The Labute approximate surface area is 179 Å². The van der Waals surface area contributed by atoms with E-state index in [1.807, 2.05) is 42.5 Å². The quantitative estimate of drug-likeness (QED) is 0.406. The number of hydrogen-bond acceptors (Lipinski definition) is 5. The second-order valence-electron chi connectivity index (χ2n) is 8.35. The van der Waals surface area contributed by atoms with Gasteiger partial charge in [0, 0.05) is 23.5 Å². The second-order valence-corrected chi connectivity index (χ2v) is 8.35. The highest BCUT2D eigenvalue weighted by Crippen LogP contribution is 2.30. The summed E-state index contributed by atoms with van der Waals surface area (Å²) in [6, 6.07) is 14.0. The molecule has 1 aliphatic rings. The molecule has 2 aromatic heterocycles. The predicted octanol–water partition coefficient (Wildman–Crippen LogP) is 3.64. The second kappa shape index (κ2) is 8.00. The van der Waals surface area contributed by atoms with Crippen LogP contribution in [0.25, 0.3) is 32.8 Å². The Morgan fingerprint density at radius 3 is 2.61 bits per heavy atom. The fourth-order valence-electron chi connectivity index (χ4n) is 4.41. The Kier molecular flexibility index (Phi) is 5.03.